The molecule has 1 atom stereocenters. The van der Waals surface area contributed by atoms with Gasteiger partial charge in [-0.2, -0.15) is 0 Å². The Morgan fingerprint density at radius 3 is 2.85 bits per heavy atom. The first-order valence-corrected chi connectivity index (χ1v) is 8.97. The summed E-state index contributed by atoms with van der Waals surface area (Å²) in [6, 6.07) is 4.76. The molecule has 2 aliphatic rings. The summed E-state index contributed by atoms with van der Waals surface area (Å²) in [4.78, 5) is 6.45. The van der Waals surface area contributed by atoms with E-state index in [-0.39, 0.29) is 11.8 Å². The normalized spacial score (nSPS) is 24.8. The third-order valence-electron chi connectivity index (χ3n) is 4.11. The zero-order valence-corrected chi connectivity index (χ0v) is 12.6. The van der Waals surface area contributed by atoms with Crippen LogP contribution in [-0.4, -0.2) is 44.0 Å². The molecule has 1 aliphatic carbocycles. The molecule has 0 radical (unpaired) electrons. The zero-order chi connectivity index (χ0) is 14.2. The summed E-state index contributed by atoms with van der Waals surface area (Å²) < 4.78 is 23.2. The average Bonchev–Trinajstić information content (AvgIpc) is 3.19. The lowest BCUT2D eigenvalue weighted by Crippen LogP contribution is -2.32. The summed E-state index contributed by atoms with van der Waals surface area (Å²) in [5.74, 6) is 0.574. The molecule has 0 spiro atoms. The number of anilines is 1. The minimum Gasteiger partial charge on any atom is -0.370 e. The van der Waals surface area contributed by atoms with Gasteiger partial charge in [0.05, 0.1) is 17.2 Å². The number of pyridine rings is 1. The first-order chi connectivity index (χ1) is 9.53. The minimum atomic E-state index is -2.84. The van der Waals surface area contributed by atoms with Crippen LogP contribution in [0.4, 0.5) is 5.69 Å². The number of sulfone groups is 1. The number of nitrogens with zero attached hydrogens (tertiary/aromatic N) is 2. The Morgan fingerprint density at radius 1 is 1.40 bits per heavy atom. The summed E-state index contributed by atoms with van der Waals surface area (Å²) in [6.45, 7) is 0.787. The molecule has 1 aliphatic heterocycles. The van der Waals surface area contributed by atoms with Gasteiger partial charge in [0.15, 0.2) is 9.84 Å². The predicted molar refractivity (Wildman–Crippen MR) is 79.6 cm³/mol. The van der Waals surface area contributed by atoms with Gasteiger partial charge >= 0.3 is 0 Å². The second-order valence-electron chi connectivity index (χ2n) is 5.83. The number of hydrogen-bond donors (Lipinski definition) is 1. The van der Waals surface area contributed by atoms with Crippen LogP contribution in [0.3, 0.4) is 0 Å². The Hall–Kier alpha value is -1.14. The van der Waals surface area contributed by atoms with Crippen molar-refractivity contribution in [3.63, 3.8) is 0 Å². The quantitative estimate of drug-likeness (QED) is 0.876. The van der Waals surface area contributed by atoms with Gasteiger partial charge in [0.25, 0.3) is 0 Å². The van der Waals surface area contributed by atoms with Crippen molar-refractivity contribution in [1.29, 1.82) is 0 Å². The maximum Gasteiger partial charge on any atom is 0.152 e. The molecule has 0 bridgehead atoms. The highest BCUT2D eigenvalue weighted by Crippen LogP contribution is 2.23. The Kier molecular flexibility index (Phi) is 3.69. The van der Waals surface area contributed by atoms with Crippen molar-refractivity contribution in [2.24, 2.45) is 0 Å². The molecule has 0 amide bonds. The van der Waals surface area contributed by atoms with Crippen molar-refractivity contribution in [3.8, 4) is 0 Å². The predicted octanol–water partition coefficient (Wildman–Crippen LogP) is 0.957. The van der Waals surface area contributed by atoms with Crippen LogP contribution in [0, 0.1) is 0 Å². The summed E-state index contributed by atoms with van der Waals surface area (Å²) in [7, 11) is -0.870. The minimum absolute atomic E-state index is 0.0895. The van der Waals surface area contributed by atoms with E-state index in [4.69, 9.17) is 0 Å². The van der Waals surface area contributed by atoms with E-state index in [1.54, 1.807) is 6.20 Å². The van der Waals surface area contributed by atoms with E-state index < -0.39 is 9.84 Å². The summed E-state index contributed by atoms with van der Waals surface area (Å²) in [5, 5.41) is 3.44. The summed E-state index contributed by atoms with van der Waals surface area (Å²) >= 11 is 0. The highest BCUT2D eigenvalue weighted by atomic mass is 32.2. The molecule has 1 saturated carbocycles. The highest BCUT2D eigenvalue weighted by molar-refractivity contribution is 7.91. The Morgan fingerprint density at radius 2 is 2.20 bits per heavy atom. The first kappa shape index (κ1) is 13.8. The fourth-order valence-corrected chi connectivity index (χ4v) is 4.38. The van der Waals surface area contributed by atoms with Crippen LogP contribution in [0.25, 0.3) is 0 Å². The van der Waals surface area contributed by atoms with Gasteiger partial charge in [-0.15, -0.1) is 0 Å². The van der Waals surface area contributed by atoms with E-state index >= 15 is 0 Å². The molecule has 1 aromatic heterocycles. The van der Waals surface area contributed by atoms with Crippen LogP contribution in [0.1, 0.15) is 25.0 Å². The molecule has 1 N–H and O–H groups in total. The lowest BCUT2D eigenvalue weighted by atomic mass is 10.2. The van der Waals surface area contributed by atoms with Crippen molar-refractivity contribution in [3.05, 3.63) is 24.0 Å². The third-order valence-corrected chi connectivity index (χ3v) is 5.86. The van der Waals surface area contributed by atoms with E-state index in [0.29, 0.717) is 11.8 Å². The van der Waals surface area contributed by atoms with Crippen molar-refractivity contribution in [2.75, 3.05) is 23.5 Å². The molecule has 0 aromatic carbocycles. The van der Waals surface area contributed by atoms with Gasteiger partial charge in [-0.3, -0.25) is 4.98 Å². The second kappa shape index (κ2) is 5.33. The van der Waals surface area contributed by atoms with Gasteiger partial charge in [0.1, 0.15) is 0 Å². The first-order valence-electron chi connectivity index (χ1n) is 7.15. The van der Waals surface area contributed by atoms with Crippen LogP contribution in [0.5, 0.6) is 0 Å². The maximum absolute atomic E-state index is 11.6. The second-order valence-corrected chi connectivity index (χ2v) is 8.06. The zero-order valence-electron chi connectivity index (χ0n) is 11.7. The summed E-state index contributed by atoms with van der Waals surface area (Å²) in [6.07, 6.45) is 5.05. The molecule has 3 rings (SSSR count). The van der Waals surface area contributed by atoms with E-state index in [1.165, 1.54) is 12.8 Å². The molecule has 1 aromatic rings. The van der Waals surface area contributed by atoms with Crippen LogP contribution >= 0.6 is 0 Å². The lowest BCUT2D eigenvalue weighted by Gasteiger charge is -2.25. The van der Waals surface area contributed by atoms with Gasteiger partial charge in [0, 0.05) is 37.6 Å². The van der Waals surface area contributed by atoms with Gasteiger partial charge in [-0.1, -0.05) is 0 Å². The average molecular weight is 295 g/mol. The van der Waals surface area contributed by atoms with Gasteiger partial charge in [0.2, 0.25) is 0 Å². The smallest absolute Gasteiger partial charge is 0.152 e. The Balaban J connectivity index is 1.67. The standard InChI is InChI=1S/C14H21N3O2S/c1-17(14-5-7-20(18,19)10-14)13-4-6-15-12(8-13)9-16-11-2-3-11/h4,6,8,11,14,16H,2-3,5,7,9-10H2,1H3. The Bertz CT molecular complexity index is 584. The van der Waals surface area contributed by atoms with Crippen molar-refractivity contribution in [1.82, 2.24) is 10.3 Å². The lowest BCUT2D eigenvalue weighted by molar-refractivity contribution is 0.601. The van der Waals surface area contributed by atoms with Crippen molar-refractivity contribution in [2.45, 2.75) is 37.9 Å². The molecule has 2 heterocycles. The molecule has 1 saturated heterocycles. The van der Waals surface area contributed by atoms with Gasteiger partial charge in [-0.25, -0.2) is 8.42 Å². The number of aromatic nitrogens is 1. The molecule has 1 unspecified atom stereocenters. The highest BCUT2D eigenvalue weighted by Gasteiger charge is 2.30. The molecular formula is C14H21N3O2S. The van der Waals surface area contributed by atoms with Crippen LogP contribution in [-0.2, 0) is 16.4 Å². The van der Waals surface area contributed by atoms with Crippen molar-refractivity contribution >= 4 is 15.5 Å². The molecular weight excluding hydrogens is 274 g/mol. The molecule has 20 heavy (non-hydrogen) atoms. The third kappa shape index (κ3) is 3.30. The largest absolute Gasteiger partial charge is 0.370 e. The van der Waals surface area contributed by atoms with Gasteiger partial charge < -0.3 is 10.2 Å². The number of rotatable bonds is 5. The van der Waals surface area contributed by atoms with Crippen LogP contribution < -0.4 is 10.2 Å². The topological polar surface area (TPSA) is 62.3 Å². The van der Waals surface area contributed by atoms with Gasteiger partial charge in [-0.05, 0) is 31.4 Å². The number of hydrogen-bond acceptors (Lipinski definition) is 5. The Labute approximate surface area is 120 Å². The van der Waals surface area contributed by atoms with E-state index in [9.17, 15) is 8.42 Å². The SMILES string of the molecule is CN(c1ccnc(CNC2CC2)c1)C1CCS(=O)(=O)C1. The fourth-order valence-electron chi connectivity index (χ4n) is 2.61. The van der Waals surface area contributed by atoms with Crippen LogP contribution in [0.15, 0.2) is 18.3 Å². The van der Waals surface area contributed by atoms with E-state index in [2.05, 4.69) is 21.3 Å². The fraction of sp³-hybridized carbons (Fsp3) is 0.643. The van der Waals surface area contributed by atoms with E-state index in [0.717, 1.165) is 24.3 Å². The molecule has 110 valence electrons. The van der Waals surface area contributed by atoms with Crippen LogP contribution in [0.2, 0.25) is 0 Å². The number of nitrogens with one attached hydrogen (secondary N) is 1. The summed E-state index contributed by atoms with van der Waals surface area (Å²) in [5.41, 5.74) is 2.07. The molecule has 2 fully saturated rings. The molecule has 5 nitrogen and oxygen atoms in total. The monoisotopic (exact) mass is 295 g/mol. The van der Waals surface area contributed by atoms with E-state index in [1.807, 2.05) is 13.1 Å². The molecule has 6 heteroatoms. The maximum atomic E-state index is 11.6. The van der Waals surface area contributed by atoms with Crippen molar-refractivity contribution < 1.29 is 8.42 Å².